The first-order valence-corrected chi connectivity index (χ1v) is 6.03. The van der Waals surface area contributed by atoms with Crippen LogP contribution in [0.4, 0.5) is 5.69 Å². The van der Waals surface area contributed by atoms with Crippen molar-refractivity contribution in [1.29, 1.82) is 0 Å². The Morgan fingerprint density at radius 1 is 1.39 bits per heavy atom. The lowest BCUT2D eigenvalue weighted by molar-refractivity contribution is 0.498. The summed E-state index contributed by atoms with van der Waals surface area (Å²) in [5.41, 5.74) is 2.14. The van der Waals surface area contributed by atoms with Crippen molar-refractivity contribution < 1.29 is 4.42 Å². The van der Waals surface area contributed by atoms with E-state index < -0.39 is 0 Å². The molecule has 3 aromatic rings. The molecule has 4 heteroatoms. The number of nitrogens with zero attached hydrogens (tertiary/aromatic N) is 1. The lowest BCUT2D eigenvalue weighted by atomic mass is 10.1. The van der Waals surface area contributed by atoms with Crippen LogP contribution in [0.3, 0.4) is 0 Å². The molecular weight excluding hydrogens is 226 g/mol. The average Bonchev–Trinajstić information content (AvgIpc) is 2.98. The Labute approximate surface area is 105 Å². The summed E-state index contributed by atoms with van der Waals surface area (Å²) in [6, 6.07) is 10.4. The highest BCUT2D eigenvalue weighted by Crippen LogP contribution is 2.18. The Balaban J connectivity index is 1.71. The Hall–Kier alpha value is -2.23. The minimum atomic E-state index is 0.316. The van der Waals surface area contributed by atoms with Gasteiger partial charge in [0, 0.05) is 23.5 Å². The molecule has 0 aliphatic rings. The predicted octanol–water partition coefficient (Wildman–Crippen LogP) is 3.20. The van der Waals surface area contributed by atoms with Gasteiger partial charge in [-0.2, -0.15) is 5.10 Å². The lowest BCUT2D eigenvalue weighted by Gasteiger charge is -2.13. The second-order valence-electron chi connectivity index (χ2n) is 4.50. The second-order valence-corrected chi connectivity index (χ2v) is 4.50. The Morgan fingerprint density at radius 2 is 2.33 bits per heavy atom. The number of nitrogens with one attached hydrogen (secondary N) is 2. The molecule has 0 amide bonds. The highest BCUT2D eigenvalue weighted by atomic mass is 16.3. The first-order chi connectivity index (χ1) is 8.81. The van der Waals surface area contributed by atoms with Crippen molar-refractivity contribution in [3.8, 4) is 0 Å². The number of aromatic nitrogens is 2. The molecule has 0 bridgehead atoms. The van der Waals surface area contributed by atoms with E-state index in [0.29, 0.717) is 6.04 Å². The minimum Gasteiger partial charge on any atom is -0.469 e. The van der Waals surface area contributed by atoms with Crippen LogP contribution in [0.25, 0.3) is 10.9 Å². The first kappa shape index (κ1) is 10.9. The molecule has 1 aromatic carbocycles. The molecule has 18 heavy (non-hydrogen) atoms. The quantitative estimate of drug-likeness (QED) is 0.737. The molecule has 0 radical (unpaired) electrons. The molecule has 0 aliphatic heterocycles. The van der Waals surface area contributed by atoms with Crippen LogP contribution in [0.15, 0.2) is 47.2 Å². The Morgan fingerprint density at radius 3 is 3.17 bits per heavy atom. The van der Waals surface area contributed by atoms with E-state index in [2.05, 4.69) is 40.6 Å². The molecule has 4 nitrogen and oxygen atoms in total. The largest absolute Gasteiger partial charge is 0.469 e. The van der Waals surface area contributed by atoms with Crippen molar-refractivity contribution in [3.05, 3.63) is 48.6 Å². The van der Waals surface area contributed by atoms with Crippen molar-refractivity contribution in [2.45, 2.75) is 19.4 Å². The van der Waals surface area contributed by atoms with Gasteiger partial charge in [-0.3, -0.25) is 5.10 Å². The number of aromatic amines is 1. The topological polar surface area (TPSA) is 53.9 Å². The zero-order chi connectivity index (χ0) is 12.4. The van der Waals surface area contributed by atoms with Crippen LogP contribution in [-0.4, -0.2) is 16.2 Å². The predicted molar refractivity (Wildman–Crippen MR) is 71.6 cm³/mol. The van der Waals surface area contributed by atoms with Gasteiger partial charge in [0.25, 0.3) is 0 Å². The van der Waals surface area contributed by atoms with Gasteiger partial charge in [-0.15, -0.1) is 0 Å². The van der Waals surface area contributed by atoms with E-state index >= 15 is 0 Å². The summed E-state index contributed by atoms with van der Waals surface area (Å²) in [6.45, 7) is 2.14. The van der Waals surface area contributed by atoms with Gasteiger partial charge >= 0.3 is 0 Å². The standard InChI is InChI=1S/C14H15N3O/c1-10(7-13-3-2-6-18-13)16-12-5-4-11-9-15-17-14(11)8-12/h2-6,8-10,16H,7H2,1H3,(H,15,17). The maximum atomic E-state index is 5.34. The highest BCUT2D eigenvalue weighted by Gasteiger charge is 2.06. The summed E-state index contributed by atoms with van der Waals surface area (Å²) < 4.78 is 5.34. The summed E-state index contributed by atoms with van der Waals surface area (Å²) >= 11 is 0. The van der Waals surface area contributed by atoms with Gasteiger partial charge in [0.2, 0.25) is 0 Å². The van der Waals surface area contributed by atoms with Gasteiger partial charge in [-0.25, -0.2) is 0 Å². The molecule has 92 valence electrons. The number of rotatable bonds is 4. The molecule has 1 atom stereocenters. The number of benzene rings is 1. The van der Waals surface area contributed by atoms with Crippen molar-refractivity contribution in [1.82, 2.24) is 10.2 Å². The molecule has 2 N–H and O–H groups in total. The minimum absolute atomic E-state index is 0.316. The molecule has 0 aliphatic carbocycles. The lowest BCUT2D eigenvalue weighted by Crippen LogP contribution is -2.17. The Kier molecular flexibility index (Phi) is 2.76. The summed E-state index contributed by atoms with van der Waals surface area (Å²) in [7, 11) is 0. The number of H-pyrrole nitrogens is 1. The van der Waals surface area contributed by atoms with Crippen molar-refractivity contribution in [2.24, 2.45) is 0 Å². The maximum absolute atomic E-state index is 5.34. The molecule has 0 saturated carbocycles. The third kappa shape index (κ3) is 2.22. The molecule has 3 rings (SSSR count). The molecule has 2 heterocycles. The third-order valence-corrected chi connectivity index (χ3v) is 2.94. The molecule has 0 spiro atoms. The van der Waals surface area contributed by atoms with Crippen LogP contribution in [-0.2, 0) is 6.42 Å². The number of anilines is 1. The van der Waals surface area contributed by atoms with E-state index in [1.54, 1.807) is 6.26 Å². The normalized spacial score (nSPS) is 12.7. The molecule has 2 aromatic heterocycles. The monoisotopic (exact) mass is 241 g/mol. The van der Waals surface area contributed by atoms with Gasteiger partial charge in [0.15, 0.2) is 0 Å². The summed E-state index contributed by atoms with van der Waals surface area (Å²) in [6.07, 6.45) is 4.40. The van der Waals surface area contributed by atoms with E-state index in [1.165, 1.54) is 0 Å². The number of hydrogen-bond acceptors (Lipinski definition) is 3. The van der Waals surface area contributed by atoms with Gasteiger partial charge < -0.3 is 9.73 Å². The number of fused-ring (bicyclic) bond motifs is 1. The van der Waals surface area contributed by atoms with Crippen molar-refractivity contribution in [2.75, 3.05) is 5.32 Å². The summed E-state index contributed by atoms with van der Waals surface area (Å²) in [4.78, 5) is 0. The summed E-state index contributed by atoms with van der Waals surface area (Å²) in [5, 5.41) is 11.6. The van der Waals surface area contributed by atoms with Gasteiger partial charge in [-0.05, 0) is 37.3 Å². The van der Waals surface area contributed by atoms with E-state index in [1.807, 2.05) is 18.3 Å². The Bertz CT molecular complexity index is 627. The molecule has 1 unspecified atom stereocenters. The van der Waals surface area contributed by atoms with Gasteiger partial charge in [0.05, 0.1) is 18.0 Å². The van der Waals surface area contributed by atoms with Crippen molar-refractivity contribution in [3.63, 3.8) is 0 Å². The van der Waals surface area contributed by atoms with Crippen LogP contribution in [0.1, 0.15) is 12.7 Å². The average molecular weight is 241 g/mol. The van der Waals surface area contributed by atoms with Gasteiger partial charge in [-0.1, -0.05) is 0 Å². The van der Waals surface area contributed by atoms with Crippen LogP contribution in [0.2, 0.25) is 0 Å². The SMILES string of the molecule is CC(Cc1ccco1)Nc1ccc2cn[nH]c2c1. The molecule has 0 fully saturated rings. The van der Waals surface area contributed by atoms with Crippen molar-refractivity contribution >= 4 is 16.6 Å². The fourth-order valence-corrected chi connectivity index (χ4v) is 2.09. The van der Waals surface area contributed by atoms with E-state index in [-0.39, 0.29) is 0 Å². The van der Waals surface area contributed by atoms with Crippen LogP contribution in [0, 0.1) is 0 Å². The number of hydrogen-bond donors (Lipinski definition) is 2. The van der Waals surface area contributed by atoms with Crippen LogP contribution in [0.5, 0.6) is 0 Å². The fourth-order valence-electron chi connectivity index (χ4n) is 2.09. The number of furan rings is 1. The second kappa shape index (κ2) is 4.56. The molecule has 0 saturated heterocycles. The maximum Gasteiger partial charge on any atom is 0.105 e. The van der Waals surface area contributed by atoms with Crippen LogP contribution < -0.4 is 5.32 Å². The van der Waals surface area contributed by atoms with E-state index in [9.17, 15) is 0 Å². The third-order valence-electron chi connectivity index (χ3n) is 2.94. The zero-order valence-electron chi connectivity index (χ0n) is 10.2. The fraction of sp³-hybridized carbons (Fsp3) is 0.214. The zero-order valence-corrected chi connectivity index (χ0v) is 10.2. The van der Waals surface area contributed by atoms with E-state index in [0.717, 1.165) is 28.8 Å². The smallest absolute Gasteiger partial charge is 0.105 e. The molecular formula is C14H15N3O. The van der Waals surface area contributed by atoms with Gasteiger partial charge in [0.1, 0.15) is 5.76 Å². The summed E-state index contributed by atoms with van der Waals surface area (Å²) in [5.74, 6) is 0.998. The highest BCUT2D eigenvalue weighted by molar-refractivity contribution is 5.81. The van der Waals surface area contributed by atoms with Crippen LogP contribution >= 0.6 is 0 Å². The first-order valence-electron chi connectivity index (χ1n) is 6.03. The van der Waals surface area contributed by atoms with E-state index in [4.69, 9.17) is 4.42 Å².